The van der Waals surface area contributed by atoms with Gasteiger partial charge in [0.2, 0.25) is 0 Å². The highest BCUT2D eigenvalue weighted by Gasteiger charge is 2.07. The first-order valence-corrected chi connectivity index (χ1v) is 9.37. The number of aliphatic hydroxyl groups excluding tert-OH is 1. The molecule has 4 heteroatoms. The molecular formula is C22H21Cl2NO. The van der Waals surface area contributed by atoms with Gasteiger partial charge in [-0.05, 0) is 47.9 Å². The second-order valence-corrected chi connectivity index (χ2v) is 7.04. The van der Waals surface area contributed by atoms with Crippen LogP contribution in [0.2, 0.25) is 10.0 Å². The molecule has 0 amide bonds. The Morgan fingerprint density at radius 1 is 0.846 bits per heavy atom. The molecule has 0 radical (unpaired) electrons. The van der Waals surface area contributed by atoms with Gasteiger partial charge in [-0.15, -0.1) is 0 Å². The van der Waals surface area contributed by atoms with Gasteiger partial charge in [-0.2, -0.15) is 0 Å². The van der Waals surface area contributed by atoms with E-state index in [0.717, 1.165) is 34.7 Å². The Balaban J connectivity index is 1.48. The summed E-state index contributed by atoms with van der Waals surface area (Å²) in [6, 6.07) is 23.6. The predicted molar refractivity (Wildman–Crippen MR) is 110 cm³/mol. The van der Waals surface area contributed by atoms with Gasteiger partial charge in [0.05, 0.1) is 6.10 Å². The van der Waals surface area contributed by atoms with Crippen molar-refractivity contribution in [2.45, 2.75) is 12.5 Å². The van der Waals surface area contributed by atoms with Crippen LogP contribution in [0.4, 0.5) is 0 Å². The van der Waals surface area contributed by atoms with Crippen molar-refractivity contribution in [1.29, 1.82) is 0 Å². The van der Waals surface area contributed by atoms with Crippen molar-refractivity contribution in [3.63, 3.8) is 0 Å². The van der Waals surface area contributed by atoms with Crippen LogP contribution in [0.1, 0.15) is 17.2 Å². The van der Waals surface area contributed by atoms with Crippen LogP contribution in [0.15, 0.2) is 72.8 Å². The lowest BCUT2D eigenvalue weighted by atomic mass is 10.0. The molecule has 0 heterocycles. The summed E-state index contributed by atoms with van der Waals surface area (Å²) >= 11 is 12.1. The van der Waals surface area contributed by atoms with Gasteiger partial charge in [-0.1, -0.05) is 77.8 Å². The number of benzene rings is 3. The van der Waals surface area contributed by atoms with Crippen molar-refractivity contribution in [2.75, 3.05) is 13.1 Å². The second-order valence-electron chi connectivity index (χ2n) is 6.20. The molecule has 1 atom stereocenters. The molecule has 0 spiro atoms. The van der Waals surface area contributed by atoms with Crippen molar-refractivity contribution in [2.24, 2.45) is 0 Å². The predicted octanol–water partition coefficient (Wildman–Crippen LogP) is 5.53. The number of halogens is 2. The highest BCUT2D eigenvalue weighted by atomic mass is 35.5. The molecule has 2 nitrogen and oxygen atoms in total. The van der Waals surface area contributed by atoms with Crippen LogP contribution in [0.3, 0.4) is 0 Å². The van der Waals surface area contributed by atoms with Crippen LogP contribution in [-0.2, 0) is 6.42 Å². The van der Waals surface area contributed by atoms with Crippen molar-refractivity contribution >= 4 is 23.2 Å². The molecule has 26 heavy (non-hydrogen) atoms. The Labute approximate surface area is 164 Å². The molecule has 134 valence electrons. The maximum absolute atomic E-state index is 10.2. The van der Waals surface area contributed by atoms with Crippen LogP contribution in [0.5, 0.6) is 0 Å². The SMILES string of the molecule is OC(CNCCc1ccc(-c2ccccc2Cl)cc1)c1ccc(Cl)cc1. The van der Waals surface area contributed by atoms with Gasteiger partial charge in [-0.3, -0.25) is 0 Å². The largest absolute Gasteiger partial charge is 0.387 e. The van der Waals surface area contributed by atoms with Gasteiger partial charge in [0.1, 0.15) is 0 Å². The summed E-state index contributed by atoms with van der Waals surface area (Å²) < 4.78 is 0. The molecule has 3 rings (SSSR count). The van der Waals surface area contributed by atoms with Gasteiger partial charge in [0, 0.05) is 22.2 Å². The first-order valence-electron chi connectivity index (χ1n) is 8.61. The minimum Gasteiger partial charge on any atom is -0.387 e. The normalized spacial score (nSPS) is 12.1. The maximum atomic E-state index is 10.2. The minimum absolute atomic E-state index is 0.513. The number of nitrogens with one attached hydrogen (secondary N) is 1. The lowest BCUT2D eigenvalue weighted by molar-refractivity contribution is 0.175. The highest BCUT2D eigenvalue weighted by molar-refractivity contribution is 6.33. The van der Waals surface area contributed by atoms with E-state index in [1.54, 1.807) is 12.1 Å². The first kappa shape index (κ1) is 18.9. The zero-order valence-electron chi connectivity index (χ0n) is 14.3. The average molecular weight is 386 g/mol. The van der Waals surface area contributed by atoms with Crippen LogP contribution in [0.25, 0.3) is 11.1 Å². The summed E-state index contributed by atoms with van der Waals surface area (Å²) in [7, 11) is 0. The average Bonchev–Trinajstić information content (AvgIpc) is 2.67. The summed E-state index contributed by atoms with van der Waals surface area (Å²) in [6.45, 7) is 1.31. The standard InChI is InChI=1S/C22H21Cl2NO/c23-19-11-9-18(10-12-19)22(26)15-25-14-13-16-5-7-17(8-6-16)20-3-1-2-4-21(20)24/h1-12,22,25-26H,13-15H2. The van der Waals surface area contributed by atoms with Gasteiger partial charge in [0.15, 0.2) is 0 Å². The molecule has 0 aliphatic rings. The van der Waals surface area contributed by atoms with Gasteiger partial charge in [0.25, 0.3) is 0 Å². The van der Waals surface area contributed by atoms with E-state index in [1.165, 1.54) is 5.56 Å². The number of hydrogen-bond donors (Lipinski definition) is 2. The van der Waals surface area contributed by atoms with Crippen LogP contribution in [-0.4, -0.2) is 18.2 Å². The summed E-state index contributed by atoms with van der Waals surface area (Å²) in [5, 5.41) is 14.9. The van der Waals surface area contributed by atoms with E-state index < -0.39 is 6.10 Å². The molecule has 3 aromatic rings. The van der Waals surface area contributed by atoms with E-state index >= 15 is 0 Å². The molecule has 0 bridgehead atoms. The van der Waals surface area contributed by atoms with Gasteiger partial charge < -0.3 is 10.4 Å². The van der Waals surface area contributed by atoms with E-state index in [4.69, 9.17) is 23.2 Å². The highest BCUT2D eigenvalue weighted by Crippen LogP contribution is 2.27. The zero-order chi connectivity index (χ0) is 18.4. The quantitative estimate of drug-likeness (QED) is 0.524. The smallest absolute Gasteiger partial charge is 0.0914 e. The van der Waals surface area contributed by atoms with E-state index in [-0.39, 0.29) is 0 Å². The molecule has 1 unspecified atom stereocenters. The third kappa shape index (κ3) is 5.09. The molecule has 0 fully saturated rings. The van der Waals surface area contributed by atoms with Crippen molar-refractivity contribution in [3.05, 3.63) is 94.0 Å². The third-order valence-corrected chi connectivity index (χ3v) is 4.90. The van der Waals surface area contributed by atoms with Crippen LogP contribution in [0, 0.1) is 0 Å². The lowest BCUT2D eigenvalue weighted by Crippen LogP contribution is -2.23. The van der Waals surface area contributed by atoms with Crippen LogP contribution < -0.4 is 5.32 Å². The maximum Gasteiger partial charge on any atom is 0.0914 e. The summed E-state index contributed by atoms with van der Waals surface area (Å²) in [6.07, 6.45) is 0.366. The zero-order valence-corrected chi connectivity index (χ0v) is 15.8. The molecule has 0 saturated carbocycles. The molecule has 0 aliphatic carbocycles. The van der Waals surface area contributed by atoms with E-state index in [0.29, 0.717) is 11.6 Å². The summed E-state index contributed by atoms with van der Waals surface area (Å²) in [4.78, 5) is 0. The Hall–Kier alpha value is -1.84. The Bertz CT molecular complexity index is 832. The number of aliphatic hydroxyl groups is 1. The minimum atomic E-state index is -0.533. The number of rotatable bonds is 7. The molecule has 2 N–H and O–H groups in total. The molecular weight excluding hydrogens is 365 g/mol. The first-order chi connectivity index (χ1) is 12.6. The van der Waals surface area contributed by atoms with Crippen LogP contribution >= 0.6 is 23.2 Å². The van der Waals surface area contributed by atoms with Crippen molar-refractivity contribution in [1.82, 2.24) is 5.32 Å². The fourth-order valence-corrected chi connectivity index (χ4v) is 3.19. The Morgan fingerprint density at radius 3 is 2.23 bits per heavy atom. The summed E-state index contributed by atoms with van der Waals surface area (Å²) in [5.41, 5.74) is 4.27. The van der Waals surface area contributed by atoms with Crippen molar-refractivity contribution < 1.29 is 5.11 Å². The van der Waals surface area contributed by atoms with Gasteiger partial charge >= 0.3 is 0 Å². The molecule has 0 saturated heterocycles. The Kier molecular flexibility index (Phi) is 6.70. The fourth-order valence-electron chi connectivity index (χ4n) is 2.82. The van der Waals surface area contributed by atoms with E-state index in [2.05, 4.69) is 29.6 Å². The topological polar surface area (TPSA) is 32.3 Å². The lowest BCUT2D eigenvalue weighted by Gasteiger charge is -2.12. The van der Waals surface area contributed by atoms with Gasteiger partial charge in [-0.25, -0.2) is 0 Å². The second kappa shape index (κ2) is 9.20. The third-order valence-electron chi connectivity index (χ3n) is 4.32. The van der Waals surface area contributed by atoms with Crippen molar-refractivity contribution in [3.8, 4) is 11.1 Å². The van der Waals surface area contributed by atoms with E-state index in [1.807, 2.05) is 36.4 Å². The fraction of sp³-hybridized carbons (Fsp3) is 0.182. The molecule has 0 aliphatic heterocycles. The number of hydrogen-bond acceptors (Lipinski definition) is 2. The monoisotopic (exact) mass is 385 g/mol. The Morgan fingerprint density at radius 2 is 1.54 bits per heavy atom. The summed E-state index contributed by atoms with van der Waals surface area (Å²) in [5.74, 6) is 0. The molecule has 3 aromatic carbocycles. The molecule has 0 aromatic heterocycles. The van der Waals surface area contributed by atoms with E-state index in [9.17, 15) is 5.11 Å².